The molecule has 0 bridgehead atoms. The molecule has 0 aliphatic heterocycles. The van der Waals surface area contributed by atoms with E-state index in [0.29, 0.717) is 19.3 Å². The molecule has 54 heavy (non-hydrogen) atoms. The predicted molar refractivity (Wildman–Crippen MR) is 216 cm³/mol. The summed E-state index contributed by atoms with van der Waals surface area (Å²) in [5.74, 6) is -1.00. The summed E-state index contributed by atoms with van der Waals surface area (Å²) in [5.41, 5.74) is 0. The van der Waals surface area contributed by atoms with E-state index < -0.39 is 57.9 Å². The first kappa shape index (κ1) is 51.6. The van der Waals surface area contributed by atoms with Crippen LogP contribution in [-0.4, -0.2) is 76.9 Å². The van der Waals surface area contributed by atoms with Crippen LogP contribution in [0.4, 0.5) is 0 Å². The number of unbranched alkanes of at least 4 members (excludes halogenated alkanes) is 14. The van der Waals surface area contributed by atoms with E-state index in [1.54, 1.807) is 6.08 Å². The van der Waals surface area contributed by atoms with Crippen LogP contribution in [0.3, 0.4) is 0 Å². The van der Waals surface area contributed by atoms with Gasteiger partial charge in [0.1, 0.15) is 12.7 Å². The van der Waals surface area contributed by atoms with E-state index in [1.807, 2.05) is 24.3 Å². The summed E-state index contributed by atoms with van der Waals surface area (Å²) in [6, 6.07) is 0. The lowest BCUT2D eigenvalue weighted by Crippen LogP contribution is -2.29. The van der Waals surface area contributed by atoms with Crippen molar-refractivity contribution in [2.24, 2.45) is 0 Å². The van der Waals surface area contributed by atoms with Gasteiger partial charge in [-0.3, -0.25) is 18.6 Å². The molecular formula is C42H73O11P. The fourth-order valence-corrected chi connectivity index (χ4v) is 5.87. The van der Waals surface area contributed by atoms with Gasteiger partial charge in [-0.1, -0.05) is 132 Å². The first-order valence-electron chi connectivity index (χ1n) is 20.4. The van der Waals surface area contributed by atoms with Gasteiger partial charge in [-0.15, -0.1) is 0 Å². The molecule has 0 aromatic heterocycles. The van der Waals surface area contributed by atoms with Crippen molar-refractivity contribution < 1.29 is 52.9 Å². The molecule has 0 saturated carbocycles. The Morgan fingerprint density at radius 3 is 1.72 bits per heavy atom. The van der Waals surface area contributed by atoms with Gasteiger partial charge in [-0.25, -0.2) is 4.57 Å². The summed E-state index contributed by atoms with van der Waals surface area (Å²) in [4.78, 5) is 34.9. The summed E-state index contributed by atoms with van der Waals surface area (Å²) in [5, 5.41) is 28.2. The third kappa shape index (κ3) is 36.6. The first-order chi connectivity index (χ1) is 26.1. The summed E-state index contributed by atoms with van der Waals surface area (Å²) in [6.07, 6.45) is 36.6. The van der Waals surface area contributed by atoms with Crippen molar-refractivity contribution in [2.75, 3.05) is 26.4 Å². The van der Waals surface area contributed by atoms with Crippen LogP contribution in [0.1, 0.15) is 149 Å². The van der Waals surface area contributed by atoms with E-state index in [-0.39, 0.29) is 19.4 Å². The third-order valence-electron chi connectivity index (χ3n) is 8.26. The number of phosphoric ester groups is 1. The van der Waals surface area contributed by atoms with Crippen molar-refractivity contribution in [3.05, 3.63) is 60.8 Å². The molecule has 0 aromatic carbocycles. The van der Waals surface area contributed by atoms with Gasteiger partial charge < -0.3 is 29.7 Å². The fourth-order valence-electron chi connectivity index (χ4n) is 5.08. The number of phosphoric acid groups is 1. The Bertz CT molecular complexity index is 1100. The van der Waals surface area contributed by atoms with E-state index in [0.717, 1.165) is 77.0 Å². The molecule has 0 amide bonds. The Hall–Kier alpha value is -2.37. The van der Waals surface area contributed by atoms with Crippen molar-refractivity contribution >= 4 is 19.8 Å². The number of rotatable bonds is 37. The van der Waals surface area contributed by atoms with Gasteiger partial charge in [0.05, 0.1) is 25.9 Å². The average molecular weight is 785 g/mol. The molecule has 0 aliphatic rings. The highest BCUT2D eigenvalue weighted by Crippen LogP contribution is 2.43. The van der Waals surface area contributed by atoms with E-state index in [9.17, 15) is 29.3 Å². The Balaban J connectivity index is 4.45. The monoisotopic (exact) mass is 784 g/mol. The third-order valence-corrected chi connectivity index (χ3v) is 9.21. The number of hydrogen-bond donors (Lipinski definition) is 4. The van der Waals surface area contributed by atoms with Crippen LogP contribution in [-0.2, 0) is 32.7 Å². The minimum Gasteiger partial charge on any atom is -0.462 e. The molecule has 0 aromatic rings. The van der Waals surface area contributed by atoms with Gasteiger partial charge in [0.15, 0.2) is 6.10 Å². The van der Waals surface area contributed by atoms with Crippen LogP contribution in [0.25, 0.3) is 0 Å². The first-order valence-corrected chi connectivity index (χ1v) is 21.9. The molecule has 0 saturated heterocycles. The van der Waals surface area contributed by atoms with Gasteiger partial charge in [-0.05, 0) is 64.2 Å². The standard InChI is InChI=1S/C42H73O11P/c1-3-5-7-8-9-10-11-12-13-14-15-18-21-24-28-32-41(46)50-36-40(37-52-54(48,49)51-35-39(45)34-43)53-42(47)33-29-25-22-19-16-17-20-23-27-31-38(44)30-26-6-4-2/h6,10-13,20,23,26-27,31,38-40,43-45H,3-5,7-9,14-19,21-22,24-25,28-30,32-37H2,1-2H3,(H,48,49)/b11-10-,13-12-,23-20+,26-6+,31-27+/t38?,39-,40+/m0/s1. The summed E-state index contributed by atoms with van der Waals surface area (Å²) in [6.45, 7) is 2.06. The summed E-state index contributed by atoms with van der Waals surface area (Å²) < 4.78 is 32.6. The molecule has 11 nitrogen and oxygen atoms in total. The molecular weight excluding hydrogens is 711 g/mol. The van der Waals surface area contributed by atoms with Gasteiger partial charge in [-0.2, -0.15) is 0 Å². The van der Waals surface area contributed by atoms with Crippen LogP contribution in [0.2, 0.25) is 0 Å². The number of aliphatic hydroxyl groups excluding tert-OH is 3. The second-order valence-corrected chi connectivity index (χ2v) is 15.0. The zero-order valence-electron chi connectivity index (χ0n) is 33.3. The van der Waals surface area contributed by atoms with Gasteiger partial charge >= 0.3 is 19.8 Å². The maximum Gasteiger partial charge on any atom is 0.472 e. The summed E-state index contributed by atoms with van der Waals surface area (Å²) >= 11 is 0. The summed E-state index contributed by atoms with van der Waals surface area (Å²) in [7, 11) is -4.64. The SMILES string of the molecule is CC/C=C/CC(O)/C=C/C=C/CCCCCCCC(=O)O[C@H](COC(=O)CCCCCCC/C=C\C=C/CCCCCC)COP(=O)(O)OC[C@@H](O)CO. The van der Waals surface area contributed by atoms with E-state index in [4.69, 9.17) is 19.1 Å². The molecule has 0 heterocycles. The number of ether oxygens (including phenoxy) is 2. The maximum absolute atomic E-state index is 12.6. The molecule has 312 valence electrons. The fraction of sp³-hybridized carbons (Fsp3) is 0.714. The molecule has 0 spiro atoms. The molecule has 0 fully saturated rings. The number of carbonyl (C=O) groups excluding carboxylic acids is 2. The second kappa shape index (κ2) is 37.5. The van der Waals surface area contributed by atoms with Crippen LogP contribution in [0.5, 0.6) is 0 Å². The minimum absolute atomic E-state index is 0.131. The Morgan fingerprint density at radius 2 is 1.15 bits per heavy atom. The minimum atomic E-state index is -4.64. The number of carbonyl (C=O) groups is 2. The number of hydrogen-bond acceptors (Lipinski definition) is 10. The maximum atomic E-state index is 12.6. The van der Waals surface area contributed by atoms with Crippen molar-refractivity contribution in [1.82, 2.24) is 0 Å². The predicted octanol–water partition coefficient (Wildman–Crippen LogP) is 9.30. The molecule has 12 heteroatoms. The largest absolute Gasteiger partial charge is 0.472 e. The lowest BCUT2D eigenvalue weighted by Gasteiger charge is -2.20. The lowest BCUT2D eigenvalue weighted by molar-refractivity contribution is -0.161. The van der Waals surface area contributed by atoms with Gasteiger partial charge in [0.2, 0.25) is 0 Å². The van der Waals surface area contributed by atoms with Crippen LogP contribution in [0.15, 0.2) is 60.8 Å². The zero-order valence-corrected chi connectivity index (χ0v) is 34.2. The number of aliphatic hydroxyl groups is 3. The topological polar surface area (TPSA) is 169 Å². The van der Waals surface area contributed by atoms with E-state index in [1.165, 1.54) is 25.7 Å². The molecule has 0 rings (SSSR count). The Morgan fingerprint density at radius 1 is 0.630 bits per heavy atom. The zero-order chi connectivity index (χ0) is 40.0. The van der Waals surface area contributed by atoms with Crippen molar-refractivity contribution in [2.45, 2.75) is 167 Å². The Kier molecular flexibility index (Phi) is 35.9. The van der Waals surface area contributed by atoms with Crippen LogP contribution in [0, 0.1) is 0 Å². The number of esters is 2. The van der Waals surface area contributed by atoms with Crippen LogP contribution < -0.4 is 0 Å². The molecule has 2 unspecified atom stereocenters. The van der Waals surface area contributed by atoms with Gasteiger partial charge in [0.25, 0.3) is 0 Å². The van der Waals surface area contributed by atoms with Crippen molar-refractivity contribution in [1.29, 1.82) is 0 Å². The van der Waals surface area contributed by atoms with E-state index in [2.05, 4.69) is 48.8 Å². The highest BCUT2D eigenvalue weighted by Gasteiger charge is 2.27. The van der Waals surface area contributed by atoms with Crippen LogP contribution >= 0.6 is 7.82 Å². The molecule has 4 N–H and O–H groups in total. The average Bonchev–Trinajstić information content (AvgIpc) is 3.15. The number of allylic oxidation sites excluding steroid dienone is 8. The quantitative estimate of drug-likeness (QED) is 0.0156. The van der Waals surface area contributed by atoms with E-state index >= 15 is 0 Å². The highest BCUT2D eigenvalue weighted by molar-refractivity contribution is 7.47. The second-order valence-electron chi connectivity index (χ2n) is 13.5. The Labute approximate surface area is 326 Å². The van der Waals surface area contributed by atoms with Crippen molar-refractivity contribution in [3.8, 4) is 0 Å². The molecule has 4 atom stereocenters. The lowest BCUT2D eigenvalue weighted by atomic mass is 10.1. The molecule has 0 aliphatic carbocycles. The normalized spacial score (nSPS) is 15.1. The molecule has 0 radical (unpaired) electrons. The highest BCUT2D eigenvalue weighted by atomic mass is 31.2. The smallest absolute Gasteiger partial charge is 0.462 e. The van der Waals surface area contributed by atoms with Crippen molar-refractivity contribution in [3.63, 3.8) is 0 Å². The van der Waals surface area contributed by atoms with Gasteiger partial charge in [0, 0.05) is 12.8 Å².